The van der Waals surface area contributed by atoms with Crippen LogP contribution in [0.25, 0.3) is 0 Å². The molecule has 146 valence electrons. The van der Waals surface area contributed by atoms with Gasteiger partial charge < -0.3 is 15.4 Å². The minimum absolute atomic E-state index is 0.170. The van der Waals surface area contributed by atoms with E-state index >= 15 is 0 Å². The smallest absolute Gasteiger partial charge is 0.343 e. The number of ether oxygens (including phenoxy) is 1. The zero-order valence-electron chi connectivity index (χ0n) is 16.3. The topological polar surface area (TPSA) is 92.7 Å². The van der Waals surface area contributed by atoms with E-state index in [1.807, 2.05) is 38.1 Å². The van der Waals surface area contributed by atoms with E-state index in [2.05, 4.69) is 20.6 Å². The Morgan fingerprint density at radius 2 is 1.96 bits per heavy atom. The van der Waals surface area contributed by atoms with Crippen LogP contribution in [0.1, 0.15) is 40.6 Å². The second-order valence-corrected chi connectivity index (χ2v) is 7.33. The monoisotopic (exact) mass is 398 g/mol. The molecule has 28 heavy (non-hydrogen) atoms. The van der Waals surface area contributed by atoms with Crippen LogP contribution in [0, 0.1) is 13.8 Å². The first-order valence-electron chi connectivity index (χ1n) is 9.05. The van der Waals surface area contributed by atoms with Crippen molar-refractivity contribution in [2.24, 2.45) is 4.99 Å². The third kappa shape index (κ3) is 3.96. The zero-order chi connectivity index (χ0) is 20.3. The average Bonchev–Trinajstić information content (AvgIpc) is 2.92. The Morgan fingerprint density at radius 1 is 1.21 bits per heavy atom. The van der Waals surface area contributed by atoms with Gasteiger partial charge >= 0.3 is 5.97 Å². The quantitative estimate of drug-likeness (QED) is 0.763. The number of benzene rings is 1. The van der Waals surface area contributed by atoms with Crippen molar-refractivity contribution < 1.29 is 14.3 Å². The van der Waals surface area contributed by atoms with Crippen molar-refractivity contribution in [2.75, 3.05) is 11.9 Å². The predicted octanol–water partition coefficient (Wildman–Crippen LogP) is 3.87. The molecule has 0 radical (unpaired) electrons. The number of aryl methyl sites for hydroxylation is 2. The first-order chi connectivity index (χ1) is 13.4. The number of rotatable bonds is 4. The number of hydrogen-bond donors (Lipinski definition) is 2. The number of hydrogen-bond acceptors (Lipinski definition) is 7. The van der Waals surface area contributed by atoms with Gasteiger partial charge in [-0.1, -0.05) is 19.1 Å². The van der Waals surface area contributed by atoms with E-state index in [0.717, 1.165) is 10.7 Å². The molecule has 0 saturated heterocycles. The summed E-state index contributed by atoms with van der Waals surface area (Å²) in [4.78, 5) is 34.9. The molecule has 0 atom stereocenters. The molecule has 1 amide bonds. The molecule has 1 aromatic carbocycles. The van der Waals surface area contributed by atoms with E-state index in [0.29, 0.717) is 28.4 Å². The van der Waals surface area contributed by atoms with Crippen molar-refractivity contribution >= 4 is 40.4 Å². The Morgan fingerprint density at radius 3 is 2.61 bits per heavy atom. The lowest BCUT2D eigenvalue weighted by Crippen LogP contribution is -2.35. The van der Waals surface area contributed by atoms with Crippen molar-refractivity contribution in [3.8, 4) is 0 Å². The SMILES string of the molecule is CCOC(=O)C1=C(CC)Nc2ccccc2N=C1NC(=O)c1sc(C)nc1C. The molecule has 0 unspecified atom stereocenters. The Kier molecular flexibility index (Phi) is 5.89. The van der Waals surface area contributed by atoms with Crippen molar-refractivity contribution in [3.05, 3.63) is 51.1 Å². The highest BCUT2D eigenvalue weighted by Crippen LogP contribution is 2.31. The lowest BCUT2D eigenvalue weighted by atomic mass is 10.1. The number of esters is 1. The molecule has 0 fully saturated rings. The molecule has 1 aliphatic rings. The lowest BCUT2D eigenvalue weighted by molar-refractivity contribution is -0.137. The fourth-order valence-corrected chi connectivity index (χ4v) is 3.72. The molecule has 8 heteroatoms. The number of carbonyl (C=O) groups is 2. The summed E-state index contributed by atoms with van der Waals surface area (Å²) in [5.41, 5.74) is 2.90. The Labute approximate surface area is 167 Å². The standard InChI is InChI=1S/C20H22N4O3S/c1-5-13-16(20(26)27-6-2)18(23-15-10-8-7-9-14(15)22-13)24-19(25)17-11(3)21-12(4)28-17/h7-10,22H,5-6H2,1-4H3,(H,23,24,25). The van der Waals surface area contributed by atoms with Crippen LogP contribution in [0.3, 0.4) is 0 Å². The summed E-state index contributed by atoms with van der Waals surface area (Å²) in [6.07, 6.45) is 0.538. The number of para-hydroxylation sites is 2. The van der Waals surface area contributed by atoms with E-state index < -0.39 is 5.97 Å². The second kappa shape index (κ2) is 8.35. The molecule has 0 aliphatic carbocycles. The van der Waals surface area contributed by atoms with E-state index in [-0.39, 0.29) is 23.9 Å². The number of thiazole rings is 1. The molecule has 2 aromatic rings. The molecule has 7 nitrogen and oxygen atoms in total. The van der Waals surface area contributed by atoms with Gasteiger partial charge in [0.2, 0.25) is 0 Å². The number of anilines is 1. The summed E-state index contributed by atoms with van der Waals surface area (Å²) in [5.74, 6) is -0.711. The first kappa shape index (κ1) is 19.8. The van der Waals surface area contributed by atoms with Crippen LogP contribution in [-0.4, -0.2) is 29.3 Å². The molecule has 0 spiro atoms. The van der Waals surface area contributed by atoms with Crippen molar-refractivity contribution in [1.82, 2.24) is 10.3 Å². The lowest BCUT2D eigenvalue weighted by Gasteiger charge is -2.14. The maximum atomic E-state index is 12.9. The first-order valence-corrected chi connectivity index (χ1v) is 9.87. The van der Waals surface area contributed by atoms with Crippen LogP contribution in [0.2, 0.25) is 0 Å². The summed E-state index contributed by atoms with van der Waals surface area (Å²) < 4.78 is 5.23. The highest BCUT2D eigenvalue weighted by Gasteiger charge is 2.28. The Bertz CT molecular complexity index is 991. The van der Waals surface area contributed by atoms with Crippen LogP contribution < -0.4 is 10.6 Å². The normalized spacial score (nSPS) is 13.2. The molecule has 2 heterocycles. The number of nitrogens with zero attached hydrogens (tertiary/aromatic N) is 2. The van der Waals surface area contributed by atoms with Gasteiger partial charge in [-0.3, -0.25) is 4.79 Å². The Balaban J connectivity index is 2.09. The molecule has 1 aliphatic heterocycles. The van der Waals surface area contributed by atoms with E-state index in [1.165, 1.54) is 11.3 Å². The van der Waals surface area contributed by atoms with E-state index in [9.17, 15) is 9.59 Å². The number of allylic oxidation sites excluding steroid dienone is 1. The van der Waals surface area contributed by atoms with Gasteiger partial charge in [-0.2, -0.15) is 0 Å². The fraction of sp³-hybridized carbons (Fsp3) is 0.300. The predicted molar refractivity (Wildman–Crippen MR) is 110 cm³/mol. The fourth-order valence-electron chi connectivity index (χ4n) is 2.91. The number of aromatic nitrogens is 1. The summed E-state index contributed by atoms with van der Waals surface area (Å²) in [6.45, 7) is 7.51. The minimum atomic E-state index is -0.532. The zero-order valence-corrected chi connectivity index (χ0v) is 17.1. The van der Waals surface area contributed by atoms with Crippen LogP contribution in [0.15, 0.2) is 40.5 Å². The maximum absolute atomic E-state index is 12.9. The summed E-state index contributed by atoms with van der Waals surface area (Å²) in [7, 11) is 0. The van der Waals surface area contributed by atoms with Crippen molar-refractivity contribution in [1.29, 1.82) is 0 Å². The van der Waals surface area contributed by atoms with Crippen LogP contribution in [-0.2, 0) is 9.53 Å². The molecular formula is C20H22N4O3S. The van der Waals surface area contributed by atoms with E-state index in [1.54, 1.807) is 13.8 Å². The molecule has 2 N–H and O–H groups in total. The highest BCUT2D eigenvalue weighted by atomic mass is 32.1. The Hall–Kier alpha value is -3.00. The maximum Gasteiger partial charge on any atom is 0.343 e. The molecule has 1 aromatic heterocycles. The van der Waals surface area contributed by atoms with Gasteiger partial charge in [-0.25, -0.2) is 14.8 Å². The van der Waals surface area contributed by atoms with Gasteiger partial charge in [0.25, 0.3) is 5.91 Å². The summed E-state index contributed by atoms with van der Waals surface area (Å²) >= 11 is 1.30. The number of amidine groups is 1. The van der Waals surface area contributed by atoms with Gasteiger partial charge in [0.15, 0.2) is 0 Å². The number of amides is 1. The number of carbonyl (C=O) groups excluding carboxylic acids is 2. The van der Waals surface area contributed by atoms with Crippen LogP contribution in [0.4, 0.5) is 11.4 Å². The molecular weight excluding hydrogens is 376 g/mol. The van der Waals surface area contributed by atoms with Crippen LogP contribution >= 0.6 is 11.3 Å². The van der Waals surface area contributed by atoms with Gasteiger partial charge in [-0.15, -0.1) is 11.3 Å². The molecule has 0 bridgehead atoms. The third-order valence-electron chi connectivity index (χ3n) is 4.14. The largest absolute Gasteiger partial charge is 0.462 e. The minimum Gasteiger partial charge on any atom is -0.462 e. The summed E-state index contributed by atoms with van der Waals surface area (Å²) in [5, 5.41) is 6.87. The van der Waals surface area contributed by atoms with Gasteiger partial charge in [0.05, 0.1) is 28.7 Å². The van der Waals surface area contributed by atoms with Gasteiger partial charge in [0.1, 0.15) is 16.3 Å². The van der Waals surface area contributed by atoms with Crippen molar-refractivity contribution in [2.45, 2.75) is 34.1 Å². The number of fused-ring (bicyclic) bond motifs is 1. The highest BCUT2D eigenvalue weighted by molar-refractivity contribution is 7.13. The second-order valence-electron chi connectivity index (χ2n) is 6.13. The summed E-state index contributed by atoms with van der Waals surface area (Å²) in [6, 6.07) is 7.42. The molecule has 0 saturated carbocycles. The van der Waals surface area contributed by atoms with Crippen molar-refractivity contribution in [3.63, 3.8) is 0 Å². The third-order valence-corrected chi connectivity index (χ3v) is 5.21. The molecule has 3 rings (SSSR count). The van der Waals surface area contributed by atoms with Gasteiger partial charge in [0, 0.05) is 5.70 Å². The average molecular weight is 398 g/mol. The number of aliphatic imine (C=N–C) groups is 1. The van der Waals surface area contributed by atoms with Gasteiger partial charge in [-0.05, 0) is 39.3 Å². The van der Waals surface area contributed by atoms with Crippen LogP contribution in [0.5, 0.6) is 0 Å². The van der Waals surface area contributed by atoms with E-state index in [4.69, 9.17) is 4.74 Å². The number of nitrogens with one attached hydrogen (secondary N) is 2.